The summed E-state index contributed by atoms with van der Waals surface area (Å²) in [6, 6.07) is 4.81. The highest BCUT2D eigenvalue weighted by Gasteiger charge is 2.34. The second-order valence-corrected chi connectivity index (χ2v) is 4.44. The molecule has 1 aromatic rings. The van der Waals surface area contributed by atoms with Crippen molar-refractivity contribution in [1.29, 1.82) is 0 Å². The molecule has 0 atom stereocenters. The Hall–Kier alpha value is -1.42. The first-order valence-corrected chi connectivity index (χ1v) is 6.44. The number of hydrogen-bond donors (Lipinski definition) is 0. The van der Waals surface area contributed by atoms with Crippen LogP contribution in [0, 0.1) is 5.82 Å². The lowest BCUT2D eigenvalue weighted by Gasteiger charge is -2.28. The normalized spacial score (nSPS) is 11.4. The minimum Gasteiger partial charge on any atom is -0.494 e. The molecule has 0 spiro atoms. The van der Waals surface area contributed by atoms with Crippen molar-refractivity contribution < 1.29 is 18.7 Å². The zero-order valence-electron chi connectivity index (χ0n) is 12.0. The third kappa shape index (κ3) is 3.13. The van der Waals surface area contributed by atoms with Crippen LogP contribution in [0.4, 0.5) is 4.39 Å². The second-order valence-electron chi connectivity index (χ2n) is 4.44. The summed E-state index contributed by atoms with van der Waals surface area (Å²) in [5, 5.41) is 0. The molecule has 0 aliphatic carbocycles. The van der Waals surface area contributed by atoms with Gasteiger partial charge in [0.1, 0.15) is 5.60 Å². The number of methoxy groups -OCH3 is 2. The molecule has 0 fully saturated rings. The van der Waals surface area contributed by atoms with E-state index in [-0.39, 0.29) is 18.0 Å². The maximum Gasteiger partial charge on any atom is 0.169 e. The van der Waals surface area contributed by atoms with E-state index in [9.17, 15) is 9.18 Å². The average Bonchev–Trinajstić information content (AvgIpc) is 2.44. The van der Waals surface area contributed by atoms with E-state index in [4.69, 9.17) is 9.47 Å². The van der Waals surface area contributed by atoms with Crippen molar-refractivity contribution in [3.05, 3.63) is 29.6 Å². The van der Waals surface area contributed by atoms with Crippen molar-refractivity contribution in [3.8, 4) is 5.75 Å². The van der Waals surface area contributed by atoms with Gasteiger partial charge in [-0.2, -0.15) is 0 Å². The summed E-state index contributed by atoms with van der Waals surface area (Å²) >= 11 is 0. The molecule has 0 N–H and O–H groups in total. The Bertz CT molecular complexity index is 431. The van der Waals surface area contributed by atoms with E-state index in [0.717, 1.165) is 0 Å². The highest BCUT2D eigenvalue weighted by atomic mass is 19.1. The van der Waals surface area contributed by atoms with Gasteiger partial charge < -0.3 is 9.47 Å². The van der Waals surface area contributed by atoms with Crippen LogP contribution in [0.25, 0.3) is 0 Å². The molecule has 0 heterocycles. The molecule has 4 heteroatoms. The first-order valence-electron chi connectivity index (χ1n) is 6.44. The van der Waals surface area contributed by atoms with Crippen LogP contribution in [0.1, 0.15) is 32.3 Å². The summed E-state index contributed by atoms with van der Waals surface area (Å²) in [5.41, 5.74) is -0.483. The highest BCUT2D eigenvalue weighted by Crippen LogP contribution is 2.26. The van der Waals surface area contributed by atoms with E-state index < -0.39 is 11.4 Å². The van der Waals surface area contributed by atoms with Gasteiger partial charge in [0.25, 0.3) is 0 Å². The van der Waals surface area contributed by atoms with Gasteiger partial charge in [-0.3, -0.25) is 4.79 Å². The van der Waals surface area contributed by atoms with Crippen LogP contribution in [0.15, 0.2) is 18.2 Å². The Balaban J connectivity index is 2.99. The molecule has 0 aliphatic heterocycles. The molecule has 1 rings (SSSR count). The molecule has 0 radical (unpaired) electrons. The molecule has 1 aromatic carbocycles. The SMILES string of the molecule is CCC(CC)(OC)C(=O)Cc1cccc(OC)c1F. The fourth-order valence-electron chi connectivity index (χ4n) is 2.23. The minimum atomic E-state index is -0.824. The summed E-state index contributed by atoms with van der Waals surface area (Å²) in [6.07, 6.45) is 1.16. The van der Waals surface area contributed by atoms with Gasteiger partial charge >= 0.3 is 0 Å². The lowest BCUT2D eigenvalue weighted by Crippen LogP contribution is -2.40. The zero-order valence-corrected chi connectivity index (χ0v) is 12.0. The van der Waals surface area contributed by atoms with E-state index in [2.05, 4.69) is 0 Å². The Labute approximate surface area is 113 Å². The summed E-state index contributed by atoms with van der Waals surface area (Å²) in [4.78, 5) is 12.3. The van der Waals surface area contributed by atoms with E-state index >= 15 is 0 Å². The number of ketones is 1. The number of Topliss-reactive ketones (excluding diaryl/α,β-unsaturated/α-hetero) is 1. The van der Waals surface area contributed by atoms with Crippen molar-refractivity contribution in [1.82, 2.24) is 0 Å². The number of rotatable bonds is 7. The number of halogens is 1. The van der Waals surface area contributed by atoms with Crippen molar-refractivity contribution in [2.75, 3.05) is 14.2 Å². The number of carbonyl (C=O) groups excluding carboxylic acids is 1. The Morgan fingerprint density at radius 1 is 1.26 bits per heavy atom. The molecule has 0 unspecified atom stereocenters. The third-order valence-electron chi connectivity index (χ3n) is 3.66. The fourth-order valence-corrected chi connectivity index (χ4v) is 2.23. The first kappa shape index (κ1) is 15.6. The van der Waals surface area contributed by atoms with Gasteiger partial charge in [0.05, 0.1) is 7.11 Å². The summed E-state index contributed by atoms with van der Waals surface area (Å²) in [6.45, 7) is 3.79. The van der Waals surface area contributed by atoms with Crippen LogP contribution >= 0.6 is 0 Å². The van der Waals surface area contributed by atoms with E-state index in [1.807, 2.05) is 13.8 Å². The smallest absolute Gasteiger partial charge is 0.169 e. The van der Waals surface area contributed by atoms with E-state index in [0.29, 0.717) is 18.4 Å². The minimum absolute atomic E-state index is 0.0125. The molecule has 0 amide bonds. The van der Waals surface area contributed by atoms with Crippen molar-refractivity contribution in [2.24, 2.45) is 0 Å². The van der Waals surface area contributed by atoms with Gasteiger partial charge in [0.15, 0.2) is 17.3 Å². The van der Waals surface area contributed by atoms with Gasteiger partial charge in [-0.1, -0.05) is 26.0 Å². The molecule has 0 aliphatic rings. The first-order chi connectivity index (χ1) is 9.04. The quantitative estimate of drug-likeness (QED) is 0.762. The highest BCUT2D eigenvalue weighted by molar-refractivity contribution is 5.89. The third-order valence-corrected chi connectivity index (χ3v) is 3.66. The molecular formula is C15H21FO3. The number of benzene rings is 1. The molecule has 0 saturated heterocycles. The summed E-state index contributed by atoms with van der Waals surface area (Å²) in [5.74, 6) is -0.427. The van der Waals surface area contributed by atoms with E-state index in [1.165, 1.54) is 20.3 Å². The second kappa shape index (κ2) is 6.66. The molecule has 3 nitrogen and oxygen atoms in total. The number of ether oxygens (including phenoxy) is 2. The van der Waals surface area contributed by atoms with Crippen molar-refractivity contribution >= 4 is 5.78 Å². The van der Waals surface area contributed by atoms with Crippen molar-refractivity contribution in [3.63, 3.8) is 0 Å². The lowest BCUT2D eigenvalue weighted by molar-refractivity contribution is -0.141. The monoisotopic (exact) mass is 268 g/mol. The van der Waals surface area contributed by atoms with E-state index in [1.54, 1.807) is 12.1 Å². The van der Waals surface area contributed by atoms with Crippen LogP contribution in [0.5, 0.6) is 5.75 Å². The van der Waals surface area contributed by atoms with Gasteiger partial charge in [-0.25, -0.2) is 4.39 Å². The zero-order chi connectivity index (χ0) is 14.5. The largest absolute Gasteiger partial charge is 0.494 e. The average molecular weight is 268 g/mol. The topological polar surface area (TPSA) is 35.5 Å². The van der Waals surface area contributed by atoms with Crippen LogP contribution in [-0.4, -0.2) is 25.6 Å². The maximum atomic E-state index is 14.0. The standard InChI is InChI=1S/C15H21FO3/c1-5-15(6-2,19-4)13(17)10-11-8-7-9-12(18-3)14(11)16/h7-9H,5-6,10H2,1-4H3. The Morgan fingerprint density at radius 2 is 1.89 bits per heavy atom. The molecule has 106 valence electrons. The van der Waals surface area contributed by atoms with Gasteiger partial charge in [0, 0.05) is 13.5 Å². The Kier molecular flexibility index (Phi) is 5.48. The molecule has 0 saturated carbocycles. The van der Waals surface area contributed by atoms with Crippen LogP contribution < -0.4 is 4.74 Å². The molecular weight excluding hydrogens is 247 g/mol. The number of carbonyl (C=O) groups is 1. The molecule has 0 aromatic heterocycles. The van der Waals surface area contributed by atoms with Gasteiger partial charge in [0.2, 0.25) is 0 Å². The summed E-state index contributed by atoms with van der Waals surface area (Å²) in [7, 11) is 2.92. The van der Waals surface area contributed by atoms with Gasteiger partial charge in [-0.05, 0) is 24.5 Å². The predicted molar refractivity (Wildman–Crippen MR) is 72.0 cm³/mol. The van der Waals surface area contributed by atoms with Crippen molar-refractivity contribution in [2.45, 2.75) is 38.7 Å². The molecule has 19 heavy (non-hydrogen) atoms. The van der Waals surface area contributed by atoms with Crippen LogP contribution in [-0.2, 0) is 16.0 Å². The Morgan fingerprint density at radius 3 is 2.37 bits per heavy atom. The lowest BCUT2D eigenvalue weighted by atomic mass is 9.88. The van der Waals surface area contributed by atoms with Crippen LogP contribution in [0.2, 0.25) is 0 Å². The van der Waals surface area contributed by atoms with Gasteiger partial charge in [-0.15, -0.1) is 0 Å². The number of hydrogen-bond acceptors (Lipinski definition) is 3. The van der Waals surface area contributed by atoms with Crippen LogP contribution in [0.3, 0.4) is 0 Å². The predicted octanol–water partition coefficient (Wildman–Crippen LogP) is 3.15. The molecule has 0 bridgehead atoms. The maximum absolute atomic E-state index is 14.0. The fraction of sp³-hybridized carbons (Fsp3) is 0.533. The summed E-state index contributed by atoms with van der Waals surface area (Å²) < 4.78 is 24.3.